The number of aromatic amines is 1. The van der Waals surface area contributed by atoms with Crippen LogP contribution in [-0.2, 0) is 0 Å². The van der Waals surface area contributed by atoms with E-state index in [-0.39, 0.29) is 12.0 Å². The van der Waals surface area contributed by atoms with Crippen LogP contribution in [0.2, 0.25) is 5.02 Å². The molecule has 1 aromatic rings. The summed E-state index contributed by atoms with van der Waals surface area (Å²) in [7, 11) is 0. The van der Waals surface area contributed by atoms with Gasteiger partial charge in [-0.25, -0.2) is 0 Å². The Balaban J connectivity index is 1.76. The van der Waals surface area contributed by atoms with E-state index in [0.717, 1.165) is 25.7 Å². The van der Waals surface area contributed by atoms with Crippen LogP contribution in [0.3, 0.4) is 0 Å². The Bertz CT molecular complexity index is 384. The quantitative estimate of drug-likeness (QED) is 0.774. The van der Waals surface area contributed by atoms with E-state index in [0.29, 0.717) is 23.2 Å². The molecule has 1 heterocycles. The van der Waals surface area contributed by atoms with E-state index in [1.54, 1.807) is 12.3 Å². The zero-order valence-corrected chi connectivity index (χ0v) is 10.3. The van der Waals surface area contributed by atoms with Crippen LogP contribution in [0, 0.1) is 5.92 Å². The second-order valence-corrected chi connectivity index (χ2v) is 5.05. The number of halogens is 1. The lowest BCUT2D eigenvalue weighted by atomic mass is 9.87. The predicted molar refractivity (Wildman–Crippen MR) is 66.1 cm³/mol. The number of H-pyrrole nitrogens is 1. The highest BCUT2D eigenvalue weighted by Gasteiger charge is 2.20. The minimum absolute atomic E-state index is 0.122. The molecule has 1 aliphatic rings. The number of carbonyl (C=O) groups is 1. The Morgan fingerprint density at radius 3 is 2.76 bits per heavy atom. The number of rotatable bonds is 3. The highest BCUT2D eigenvalue weighted by molar-refractivity contribution is 6.30. The first-order valence-electron chi connectivity index (χ1n) is 5.95. The van der Waals surface area contributed by atoms with Crippen molar-refractivity contribution in [2.45, 2.75) is 31.8 Å². The average molecular weight is 257 g/mol. The molecule has 0 bridgehead atoms. The number of aliphatic hydroxyl groups excluding tert-OH is 1. The fourth-order valence-electron chi connectivity index (χ4n) is 2.18. The van der Waals surface area contributed by atoms with Gasteiger partial charge in [0.1, 0.15) is 5.69 Å². The standard InChI is InChI=1S/C12H17ClN2O2/c13-9-5-11(14-7-9)12(17)15-6-8-1-3-10(16)4-2-8/h5,7-8,10,14,16H,1-4,6H2,(H,15,17). The normalized spacial score (nSPS) is 24.6. The SMILES string of the molecule is O=C(NCC1CCC(O)CC1)c1cc(Cl)c[nH]1. The van der Waals surface area contributed by atoms with E-state index in [1.165, 1.54) is 0 Å². The molecule has 17 heavy (non-hydrogen) atoms. The maximum atomic E-state index is 11.7. The van der Waals surface area contributed by atoms with Crippen LogP contribution in [0.1, 0.15) is 36.2 Å². The third kappa shape index (κ3) is 3.48. The Hall–Kier alpha value is -1.00. The number of nitrogens with one attached hydrogen (secondary N) is 2. The van der Waals surface area contributed by atoms with E-state index in [9.17, 15) is 9.90 Å². The average Bonchev–Trinajstić information content (AvgIpc) is 2.75. The van der Waals surface area contributed by atoms with Gasteiger partial charge in [-0.15, -0.1) is 0 Å². The summed E-state index contributed by atoms with van der Waals surface area (Å²) in [6.45, 7) is 0.669. The molecule has 94 valence electrons. The lowest BCUT2D eigenvalue weighted by Crippen LogP contribution is -2.32. The smallest absolute Gasteiger partial charge is 0.267 e. The molecule has 1 fully saturated rings. The fraction of sp³-hybridized carbons (Fsp3) is 0.583. The second-order valence-electron chi connectivity index (χ2n) is 4.62. The number of aliphatic hydroxyl groups is 1. The topological polar surface area (TPSA) is 65.1 Å². The van der Waals surface area contributed by atoms with Gasteiger partial charge in [-0.1, -0.05) is 11.6 Å². The van der Waals surface area contributed by atoms with E-state index in [4.69, 9.17) is 11.6 Å². The van der Waals surface area contributed by atoms with Crippen molar-refractivity contribution in [1.29, 1.82) is 0 Å². The van der Waals surface area contributed by atoms with Crippen molar-refractivity contribution in [3.8, 4) is 0 Å². The first-order valence-corrected chi connectivity index (χ1v) is 6.33. The van der Waals surface area contributed by atoms with Crippen molar-refractivity contribution in [3.05, 3.63) is 23.0 Å². The van der Waals surface area contributed by atoms with Crippen LogP contribution in [-0.4, -0.2) is 28.6 Å². The molecule has 0 aliphatic heterocycles. The molecule has 1 amide bonds. The van der Waals surface area contributed by atoms with Gasteiger partial charge in [-0.2, -0.15) is 0 Å². The van der Waals surface area contributed by atoms with Gasteiger partial charge in [-0.05, 0) is 37.7 Å². The van der Waals surface area contributed by atoms with Crippen LogP contribution in [0.25, 0.3) is 0 Å². The van der Waals surface area contributed by atoms with Crippen molar-refractivity contribution >= 4 is 17.5 Å². The predicted octanol–water partition coefficient (Wildman–Crippen LogP) is 1.95. The highest BCUT2D eigenvalue weighted by atomic mass is 35.5. The van der Waals surface area contributed by atoms with Crippen LogP contribution >= 0.6 is 11.6 Å². The largest absolute Gasteiger partial charge is 0.393 e. The lowest BCUT2D eigenvalue weighted by Gasteiger charge is -2.25. The molecule has 2 rings (SSSR count). The zero-order chi connectivity index (χ0) is 12.3. The van der Waals surface area contributed by atoms with Crippen molar-refractivity contribution in [2.75, 3.05) is 6.54 Å². The summed E-state index contributed by atoms with van der Waals surface area (Å²) in [6, 6.07) is 1.61. The Morgan fingerprint density at radius 2 is 2.18 bits per heavy atom. The van der Waals surface area contributed by atoms with Gasteiger partial charge in [0.05, 0.1) is 11.1 Å². The number of aromatic nitrogens is 1. The number of carbonyl (C=O) groups excluding carboxylic acids is 1. The summed E-state index contributed by atoms with van der Waals surface area (Å²) < 4.78 is 0. The highest BCUT2D eigenvalue weighted by Crippen LogP contribution is 2.23. The van der Waals surface area contributed by atoms with Crippen molar-refractivity contribution in [1.82, 2.24) is 10.3 Å². The van der Waals surface area contributed by atoms with Gasteiger partial charge in [0.15, 0.2) is 0 Å². The maximum Gasteiger partial charge on any atom is 0.267 e. The second kappa shape index (κ2) is 5.56. The van der Waals surface area contributed by atoms with Crippen LogP contribution in [0.4, 0.5) is 0 Å². The van der Waals surface area contributed by atoms with Gasteiger partial charge in [0, 0.05) is 12.7 Å². The molecule has 1 saturated carbocycles. The molecule has 0 radical (unpaired) electrons. The first-order chi connectivity index (χ1) is 8.15. The number of hydrogen-bond acceptors (Lipinski definition) is 2. The molecular weight excluding hydrogens is 240 g/mol. The van der Waals surface area contributed by atoms with Gasteiger partial charge >= 0.3 is 0 Å². The molecule has 0 saturated heterocycles. The van der Waals surface area contributed by atoms with E-state index >= 15 is 0 Å². The third-order valence-corrected chi connectivity index (χ3v) is 3.48. The third-order valence-electron chi connectivity index (χ3n) is 3.26. The monoisotopic (exact) mass is 256 g/mol. The molecule has 3 N–H and O–H groups in total. The van der Waals surface area contributed by atoms with Crippen LogP contribution in [0.15, 0.2) is 12.3 Å². The number of hydrogen-bond donors (Lipinski definition) is 3. The minimum atomic E-state index is -0.149. The summed E-state index contributed by atoms with van der Waals surface area (Å²) in [4.78, 5) is 14.5. The maximum absolute atomic E-state index is 11.7. The molecular formula is C12H17ClN2O2. The Kier molecular flexibility index (Phi) is 4.07. The van der Waals surface area contributed by atoms with Crippen LogP contribution in [0.5, 0.6) is 0 Å². The summed E-state index contributed by atoms with van der Waals surface area (Å²) in [6.07, 6.45) is 5.08. The summed E-state index contributed by atoms with van der Waals surface area (Å²) in [5.41, 5.74) is 0.492. The van der Waals surface area contributed by atoms with Gasteiger partial charge in [0.25, 0.3) is 5.91 Å². The minimum Gasteiger partial charge on any atom is -0.393 e. The van der Waals surface area contributed by atoms with Gasteiger partial charge < -0.3 is 15.4 Å². The van der Waals surface area contributed by atoms with E-state index < -0.39 is 0 Å². The fourth-order valence-corrected chi connectivity index (χ4v) is 2.34. The first kappa shape index (κ1) is 12.5. The molecule has 1 aliphatic carbocycles. The molecule has 4 nitrogen and oxygen atoms in total. The molecule has 5 heteroatoms. The zero-order valence-electron chi connectivity index (χ0n) is 9.58. The van der Waals surface area contributed by atoms with E-state index in [2.05, 4.69) is 10.3 Å². The van der Waals surface area contributed by atoms with Crippen molar-refractivity contribution in [2.24, 2.45) is 5.92 Å². The molecule has 0 aromatic carbocycles. The van der Waals surface area contributed by atoms with Crippen molar-refractivity contribution < 1.29 is 9.90 Å². The number of amides is 1. The van der Waals surface area contributed by atoms with Crippen LogP contribution < -0.4 is 5.32 Å². The molecule has 0 atom stereocenters. The van der Waals surface area contributed by atoms with Gasteiger partial charge in [0.2, 0.25) is 0 Å². The summed E-state index contributed by atoms with van der Waals surface area (Å²) in [5, 5.41) is 12.8. The molecule has 0 unspecified atom stereocenters. The molecule has 0 spiro atoms. The summed E-state index contributed by atoms with van der Waals surface area (Å²) in [5.74, 6) is 0.357. The Morgan fingerprint density at radius 1 is 1.47 bits per heavy atom. The molecule has 1 aromatic heterocycles. The lowest BCUT2D eigenvalue weighted by molar-refractivity contribution is 0.0906. The Labute approximate surface area is 105 Å². The summed E-state index contributed by atoms with van der Waals surface area (Å²) >= 11 is 5.73. The van der Waals surface area contributed by atoms with E-state index in [1.807, 2.05) is 0 Å². The van der Waals surface area contributed by atoms with Crippen molar-refractivity contribution in [3.63, 3.8) is 0 Å². The van der Waals surface area contributed by atoms with Gasteiger partial charge in [-0.3, -0.25) is 4.79 Å².